The second-order valence-electron chi connectivity index (χ2n) is 4.32. The van der Waals surface area contributed by atoms with Crippen molar-refractivity contribution < 1.29 is 13.6 Å². The molecule has 0 spiro atoms. The smallest absolute Gasteiger partial charge is 0.308 e. The third-order valence-corrected chi connectivity index (χ3v) is 4.69. The molecule has 0 aromatic carbocycles. The molecule has 1 rings (SSSR count). The average Bonchev–Trinajstić information content (AvgIpc) is 2.31. The summed E-state index contributed by atoms with van der Waals surface area (Å²) in [7, 11) is -2.98. The van der Waals surface area contributed by atoms with E-state index in [9.17, 15) is 4.57 Å². The lowest BCUT2D eigenvalue weighted by Gasteiger charge is -2.18. The first-order chi connectivity index (χ1) is 8.20. The van der Waals surface area contributed by atoms with E-state index in [1.54, 1.807) is 0 Å². The van der Waals surface area contributed by atoms with Crippen LogP contribution in [0.1, 0.15) is 46.0 Å². The first-order valence-corrected chi connectivity index (χ1v) is 8.31. The first-order valence-electron chi connectivity index (χ1n) is 6.58. The topological polar surface area (TPSA) is 47.9 Å². The van der Waals surface area contributed by atoms with Crippen LogP contribution in [0.3, 0.4) is 0 Å². The molecule has 1 aliphatic rings. The zero-order valence-corrected chi connectivity index (χ0v) is 11.8. The molecule has 0 atom stereocenters. The normalized spacial score (nSPS) is 18.9. The second-order valence-corrected chi connectivity index (χ2v) is 6.34. The number of hydrogen-bond acceptors (Lipinski definition) is 4. The standard InChI is InChI=1S/C12H24NO3P/c1-3-15-17(14,16-4-2)11-13-10-12-8-6-5-7-9-12/h10,12H,3-9,11H2,1-2H3/b13-10+. The van der Waals surface area contributed by atoms with E-state index in [1.807, 2.05) is 20.1 Å². The van der Waals surface area contributed by atoms with E-state index in [2.05, 4.69) is 4.99 Å². The summed E-state index contributed by atoms with van der Waals surface area (Å²) in [5.74, 6) is 0.556. The van der Waals surface area contributed by atoms with Gasteiger partial charge in [0.25, 0.3) is 0 Å². The van der Waals surface area contributed by atoms with Crippen molar-refractivity contribution in [3.63, 3.8) is 0 Å². The fourth-order valence-corrected chi connectivity index (χ4v) is 3.41. The summed E-state index contributed by atoms with van der Waals surface area (Å²) in [6.07, 6.45) is 8.42. The van der Waals surface area contributed by atoms with Crippen LogP contribution in [0.15, 0.2) is 4.99 Å². The predicted molar refractivity (Wildman–Crippen MR) is 70.8 cm³/mol. The van der Waals surface area contributed by atoms with Gasteiger partial charge in [0.1, 0.15) is 6.29 Å². The molecule has 17 heavy (non-hydrogen) atoms. The third kappa shape index (κ3) is 5.80. The van der Waals surface area contributed by atoms with E-state index in [1.165, 1.54) is 32.1 Å². The van der Waals surface area contributed by atoms with Crippen LogP contribution in [-0.4, -0.2) is 25.7 Å². The Labute approximate surface area is 104 Å². The van der Waals surface area contributed by atoms with Crippen LogP contribution < -0.4 is 0 Å². The van der Waals surface area contributed by atoms with Gasteiger partial charge in [-0.1, -0.05) is 19.3 Å². The van der Waals surface area contributed by atoms with Crippen LogP contribution in [0.4, 0.5) is 0 Å². The molecular formula is C12H24NO3P. The zero-order chi connectivity index (χ0) is 12.6. The Morgan fingerprint density at radius 2 is 1.76 bits per heavy atom. The average molecular weight is 261 g/mol. The Morgan fingerprint density at radius 3 is 2.29 bits per heavy atom. The number of rotatable bonds is 7. The number of nitrogens with zero attached hydrogens (tertiary/aromatic N) is 1. The van der Waals surface area contributed by atoms with E-state index >= 15 is 0 Å². The van der Waals surface area contributed by atoms with Crippen molar-refractivity contribution in [2.45, 2.75) is 46.0 Å². The van der Waals surface area contributed by atoms with Crippen molar-refractivity contribution in [3.05, 3.63) is 0 Å². The van der Waals surface area contributed by atoms with Crippen molar-refractivity contribution in [2.75, 3.05) is 19.5 Å². The maximum atomic E-state index is 12.1. The van der Waals surface area contributed by atoms with Gasteiger partial charge in [-0.2, -0.15) is 0 Å². The molecule has 0 aromatic rings. The minimum absolute atomic E-state index is 0.158. The molecule has 1 aliphatic carbocycles. The van der Waals surface area contributed by atoms with Crippen molar-refractivity contribution >= 4 is 13.8 Å². The van der Waals surface area contributed by atoms with Crippen LogP contribution >= 0.6 is 7.60 Å². The van der Waals surface area contributed by atoms with Crippen LogP contribution in [0.25, 0.3) is 0 Å². The molecule has 1 saturated carbocycles. The fraction of sp³-hybridized carbons (Fsp3) is 0.917. The van der Waals surface area contributed by atoms with Crippen LogP contribution in [0.2, 0.25) is 0 Å². The molecule has 0 saturated heterocycles. The Hall–Kier alpha value is -0.180. The highest BCUT2D eigenvalue weighted by molar-refractivity contribution is 7.53. The van der Waals surface area contributed by atoms with E-state index in [4.69, 9.17) is 9.05 Å². The Bertz CT molecular complexity index is 265. The summed E-state index contributed by atoms with van der Waals surface area (Å²) in [4.78, 5) is 4.27. The molecule has 0 amide bonds. The van der Waals surface area contributed by atoms with E-state index in [0.29, 0.717) is 19.1 Å². The molecule has 100 valence electrons. The van der Waals surface area contributed by atoms with Crippen LogP contribution in [0, 0.1) is 5.92 Å². The summed E-state index contributed by atoms with van der Waals surface area (Å²) in [6.45, 7) is 4.43. The molecule has 0 heterocycles. The number of aliphatic imine (C=N–C) groups is 1. The molecule has 4 nitrogen and oxygen atoms in total. The SMILES string of the molecule is CCOP(=O)(C/N=C/C1CCCCC1)OCC. The van der Waals surface area contributed by atoms with E-state index in [0.717, 1.165) is 0 Å². The lowest BCUT2D eigenvalue weighted by Crippen LogP contribution is -2.08. The van der Waals surface area contributed by atoms with Gasteiger partial charge in [0, 0.05) is 6.21 Å². The largest absolute Gasteiger partial charge is 0.351 e. The summed E-state index contributed by atoms with van der Waals surface area (Å²) < 4.78 is 22.5. The summed E-state index contributed by atoms with van der Waals surface area (Å²) in [5, 5.41) is 0. The van der Waals surface area contributed by atoms with Gasteiger partial charge < -0.3 is 9.05 Å². The highest BCUT2D eigenvalue weighted by atomic mass is 31.2. The van der Waals surface area contributed by atoms with E-state index in [-0.39, 0.29) is 6.29 Å². The molecule has 1 fully saturated rings. The molecular weight excluding hydrogens is 237 g/mol. The molecule has 0 bridgehead atoms. The van der Waals surface area contributed by atoms with Crippen molar-refractivity contribution in [1.82, 2.24) is 0 Å². The van der Waals surface area contributed by atoms with Gasteiger partial charge in [-0.3, -0.25) is 9.56 Å². The maximum Gasteiger partial charge on any atom is 0.351 e. The van der Waals surface area contributed by atoms with Gasteiger partial charge in [-0.05, 0) is 32.6 Å². The lowest BCUT2D eigenvalue weighted by atomic mass is 9.90. The maximum absolute atomic E-state index is 12.1. The fourth-order valence-electron chi connectivity index (χ4n) is 2.09. The molecule has 0 aliphatic heterocycles. The van der Waals surface area contributed by atoms with Crippen molar-refractivity contribution in [2.24, 2.45) is 10.9 Å². The quantitative estimate of drug-likeness (QED) is 0.516. The highest BCUT2D eigenvalue weighted by Gasteiger charge is 2.22. The van der Waals surface area contributed by atoms with Gasteiger partial charge in [-0.25, -0.2) is 0 Å². The minimum Gasteiger partial charge on any atom is -0.308 e. The Balaban J connectivity index is 2.39. The van der Waals surface area contributed by atoms with Gasteiger partial charge >= 0.3 is 7.60 Å². The predicted octanol–water partition coefficient (Wildman–Crippen LogP) is 3.86. The summed E-state index contributed by atoms with van der Waals surface area (Å²) >= 11 is 0. The summed E-state index contributed by atoms with van der Waals surface area (Å²) in [5.41, 5.74) is 0. The Kier molecular flexibility index (Phi) is 7.02. The van der Waals surface area contributed by atoms with Crippen molar-refractivity contribution in [1.29, 1.82) is 0 Å². The number of hydrogen-bond donors (Lipinski definition) is 0. The zero-order valence-electron chi connectivity index (χ0n) is 10.9. The van der Waals surface area contributed by atoms with Gasteiger partial charge in [-0.15, -0.1) is 0 Å². The highest BCUT2D eigenvalue weighted by Crippen LogP contribution is 2.47. The molecule has 0 aromatic heterocycles. The molecule has 5 heteroatoms. The van der Waals surface area contributed by atoms with E-state index < -0.39 is 7.60 Å². The van der Waals surface area contributed by atoms with Crippen LogP contribution in [-0.2, 0) is 13.6 Å². The minimum atomic E-state index is -2.98. The Morgan fingerprint density at radius 1 is 1.18 bits per heavy atom. The van der Waals surface area contributed by atoms with Crippen LogP contribution in [0.5, 0.6) is 0 Å². The second kappa shape index (κ2) is 8.02. The third-order valence-electron chi connectivity index (χ3n) is 2.87. The molecule has 0 N–H and O–H groups in total. The molecule has 0 unspecified atom stereocenters. The summed E-state index contributed by atoms with van der Waals surface area (Å²) in [6, 6.07) is 0. The lowest BCUT2D eigenvalue weighted by molar-refractivity contribution is 0.221. The molecule has 0 radical (unpaired) electrons. The first kappa shape index (κ1) is 14.9. The van der Waals surface area contributed by atoms with Gasteiger partial charge in [0.15, 0.2) is 0 Å². The monoisotopic (exact) mass is 261 g/mol. The van der Waals surface area contributed by atoms with Gasteiger partial charge in [0.05, 0.1) is 13.2 Å². The van der Waals surface area contributed by atoms with Gasteiger partial charge in [0.2, 0.25) is 0 Å². The van der Waals surface area contributed by atoms with Crippen molar-refractivity contribution in [3.8, 4) is 0 Å².